The van der Waals surface area contributed by atoms with Crippen molar-refractivity contribution in [1.29, 1.82) is 0 Å². The fourth-order valence-corrected chi connectivity index (χ4v) is 6.25. The lowest BCUT2D eigenvalue weighted by Crippen LogP contribution is -2.31. The molecule has 1 N–H and O–H groups in total. The van der Waals surface area contributed by atoms with Gasteiger partial charge in [0.25, 0.3) is 0 Å². The molecule has 2 aromatic heterocycles. The van der Waals surface area contributed by atoms with E-state index in [0.717, 1.165) is 27.0 Å². The van der Waals surface area contributed by atoms with Gasteiger partial charge in [-0.3, -0.25) is 14.6 Å². The second-order valence-corrected chi connectivity index (χ2v) is 10.3. The summed E-state index contributed by atoms with van der Waals surface area (Å²) >= 11 is 7.66. The number of aliphatic carboxylic acids is 1. The zero-order valence-electron chi connectivity index (χ0n) is 19.6. The van der Waals surface area contributed by atoms with Gasteiger partial charge in [0, 0.05) is 22.0 Å². The number of aromatic nitrogens is 2. The maximum atomic E-state index is 14.0. The number of fused-ring (bicyclic) bond motifs is 2. The van der Waals surface area contributed by atoms with Crippen LogP contribution in [0.3, 0.4) is 0 Å². The van der Waals surface area contributed by atoms with E-state index in [4.69, 9.17) is 16.6 Å². The first-order valence-electron chi connectivity index (χ1n) is 11.3. The fourth-order valence-electron chi connectivity index (χ4n) is 5.09. The van der Waals surface area contributed by atoms with Gasteiger partial charge in [0.2, 0.25) is 5.91 Å². The van der Waals surface area contributed by atoms with Crippen LogP contribution in [0.2, 0.25) is 5.02 Å². The van der Waals surface area contributed by atoms with Crippen molar-refractivity contribution in [3.63, 3.8) is 0 Å². The first-order chi connectivity index (χ1) is 16.7. The van der Waals surface area contributed by atoms with E-state index in [1.54, 1.807) is 23.1 Å². The molecule has 6 nitrogen and oxygen atoms in total. The lowest BCUT2D eigenvalue weighted by atomic mass is 9.82. The minimum Gasteiger partial charge on any atom is -0.481 e. The largest absolute Gasteiger partial charge is 0.481 e. The number of nitrogens with zero attached hydrogens (tertiary/aromatic N) is 3. The van der Waals surface area contributed by atoms with Crippen LogP contribution in [0.4, 0.5) is 5.69 Å². The summed E-state index contributed by atoms with van der Waals surface area (Å²) in [6, 6.07) is 15.1. The average Bonchev–Trinajstić information content (AvgIpc) is 3.31. The van der Waals surface area contributed by atoms with Crippen LogP contribution in [0, 0.1) is 20.8 Å². The number of carbonyl (C=O) groups excluding carboxylic acids is 1. The third-order valence-corrected chi connectivity index (χ3v) is 7.59. The summed E-state index contributed by atoms with van der Waals surface area (Å²) in [5.74, 6) is -2.48. The van der Waals surface area contributed by atoms with Crippen molar-refractivity contribution in [2.75, 3.05) is 4.90 Å². The third kappa shape index (κ3) is 4.30. The maximum absolute atomic E-state index is 14.0. The maximum Gasteiger partial charge on any atom is 0.304 e. The highest BCUT2D eigenvalue weighted by Crippen LogP contribution is 2.46. The van der Waals surface area contributed by atoms with E-state index in [9.17, 15) is 14.7 Å². The summed E-state index contributed by atoms with van der Waals surface area (Å²) in [5.41, 5.74) is 5.92. The second kappa shape index (κ2) is 9.06. The topological polar surface area (TPSA) is 83.4 Å². The number of carboxylic acid groups (broad SMARTS) is 1. The molecule has 8 heteroatoms. The number of anilines is 1. The molecule has 0 radical (unpaired) electrons. The van der Waals surface area contributed by atoms with Gasteiger partial charge in [0.05, 0.1) is 40.7 Å². The van der Waals surface area contributed by atoms with Gasteiger partial charge < -0.3 is 10.0 Å². The number of pyridine rings is 1. The van der Waals surface area contributed by atoms with E-state index in [-0.39, 0.29) is 12.3 Å². The molecular formula is C27H24ClN3O3S. The van der Waals surface area contributed by atoms with Crippen LogP contribution < -0.4 is 4.90 Å². The summed E-state index contributed by atoms with van der Waals surface area (Å²) in [4.78, 5) is 32.3. The molecule has 1 aliphatic heterocycles. The molecule has 2 atom stereocenters. The Morgan fingerprint density at radius 1 is 1.17 bits per heavy atom. The van der Waals surface area contributed by atoms with Crippen molar-refractivity contribution < 1.29 is 14.7 Å². The van der Waals surface area contributed by atoms with Gasteiger partial charge in [-0.05, 0) is 79.3 Å². The van der Waals surface area contributed by atoms with E-state index in [1.165, 1.54) is 17.1 Å². The van der Waals surface area contributed by atoms with Gasteiger partial charge in [-0.15, -0.1) is 0 Å². The Hall–Kier alpha value is -3.29. The molecule has 4 aromatic rings. The molecule has 0 saturated carbocycles. The van der Waals surface area contributed by atoms with E-state index in [0.29, 0.717) is 28.5 Å². The number of aryl methyl sites for hydroxylation is 3. The summed E-state index contributed by atoms with van der Waals surface area (Å²) in [6.07, 6.45) is -0.211. The molecule has 178 valence electrons. The minimum absolute atomic E-state index is 0.171. The number of amides is 1. The van der Waals surface area contributed by atoms with Gasteiger partial charge in [-0.2, -0.15) is 4.37 Å². The van der Waals surface area contributed by atoms with Crippen molar-refractivity contribution in [2.45, 2.75) is 45.6 Å². The van der Waals surface area contributed by atoms with Crippen molar-refractivity contribution in [3.8, 4) is 0 Å². The van der Waals surface area contributed by atoms with Crippen molar-refractivity contribution in [2.24, 2.45) is 0 Å². The Morgan fingerprint density at radius 2 is 1.97 bits per heavy atom. The predicted molar refractivity (Wildman–Crippen MR) is 138 cm³/mol. The average molecular weight is 506 g/mol. The number of hydrogen-bond donors (Lipinski definition) is 1. The molecule has 35 heavy (non-hydrogen) atoms. The Balaban J connectivity index is 1.61. The number of rotatable bonds is 6. The number of carbonyl (C=O) groups is 2. The van der Waals surface area contributed by atoms with Gasteiger partial charge in [-0.25, -0.2) is 0 Å². The lowest BCUT2D eigenvalue weighted by Gasteiger charge is -2.23. The van der Waals surface area contributed by atoms with Crippen LogP contribution in [0.5, 0.6) is 0 Å². The highest BCUT2D eigenvalue weighted by molar-refractivity contribution is 7.13. The highest BCUT2D eigenvalue weighted by atomic mass is 35.5. The van der Waals surface area contributed by atoms with Crippen LogP contribution in [0.25, 0.3) is 10.1 Å². The number of benzene rings is 2. The first kappa shape index (κ1) is 23.5. The zero-order valence-corrected chi connectivity index (χ0v) is 21.2. The molecule has 0 aliphatic carbocycles. The third-order valence-electron chi connectivity index (χ3n) is 6.53. The summed E-state index contributed by atoms with van der Waals surface area (Å²) in [6.45, 7) is 6.29. The molecule has 1 unspecified atom stereocenters. The van der Waals surface area contributed by atoms with Crippen LogP contribution in [-0.4, -0.2) is 26.3 Å². The standard InChI is InChI=1S/C27H24ClN3O3S/c1-14-9-15(2)24-20(30-35-22(24)10-14)13-31-21-8-7-16(3)29-26(21)25(27(31)34)19(12-23(32)33)17-5-4-6-18(28)11-17/h4-11,19,25H,12-13H2,1-3H3,(H,32,33)/t19-,25?/m1/s1. The molecule has 2 aromatic carbocycles. The summed E-state index contributed by atoms with van der Waals surface area (Å²) in [7, 11) is 0. The molecule has 3 heterocycles. The van der Waals surface area contributed by atoms with Crippen LogP contribution in [0.1, 0.15) is 52.0 Å². The van der Waals surface area contributed by atoms with E-state index in [2.05, 4.69) is 30.4 Å². The Bertz CT molecular complexity index is 1480. The van der Waals surface area contributed by atoms with Crippen LogP contribution in [0.15, 0.2) is 48.5 Å². The number of carboxylic acids is 1. The normalized spacial score (nSPS) is 16.1. The molecule has 0 saturated heterocycles. The molecule has 1 amide bonds. The second-order valence-electron chi connectivity index (χ2n) is 9.10. The van der Waals surface area contributed by atoms with Gasteiger partial charge in [0.1, 0.15) is 0 Å². The monoisotopic (exact) mass is 505 g/mol. The van der Waals surface area contributed by atoms with Gasteiger partial charge in [0.15, 0.2) is 0 Å². The SMILES string of the molecule is Cc1cc(C)c2c(CN3C(=O)C([C@H](CC(=O)O)c4cccc(Cl)c4)c4nc(C)ccc43)nsc2c1. The molecule has 0 fully saturated rings. The summed E-state index contributed by atoms with van der Waals surface area (Å²) in [5, 5.41) is 11.3. The summed E-state index contributed by atoms with van der Waals surface area (Å²) < 4.78 is 5.78. The Kier molecular flexibility index (Phi) is 6.07. The van der Waals surface area contributed by atoms with E-state index < -0.39 is 17.8 Å². The highest BCUT2D eigenvalue weighted by Gasteiger charge is 2.45. The fraction of sp³-hybridized carbons (Fsp3) is 0.259. The molecule has 0 spiro atoms. The Labute approximate surface area is 212 Å². The predicted octanol–water partition coefficient (Wildman–Crippen LogP) is 6.16. The van der Waals surface area contributed by atoms with Crippen molar-refractivity contribution in [1.82, 2.24) is 9.36 Å². The van der Waals surface area contributed by atoms with Crippen molar-refractivity contribution in [3.05, 3.63) is 87.3 Å². The van der Waals surface area contributed by atoms with Crippen molar-refractivity contribution >= 4 is 50.8 Å². The van der Waals surface area contributed by atoms with Gasteiger partial charge in [-0.1, -0.05) is 29.8 Å². The zero-order chi connectivity index (χ0) is 24.9. The Morgan fingerprint density at radius 3 is 2.71 bits per heavy atom. The number of hydrogen-bond acceptors (Lipinski definition) is 5. The lowest BCUT2D eigenvalue weighted by molar-refractivity contribution is -0.137. The number of halogens is 1. The molecule has 5 rings (SSSR count). The van der Waals surface area contributed by atoms with E-state index >= 15 is 0 Å². The first-order valence-corrected chi connectivity index (χ1v) is 12.5. The molecular weight excluding hydrogens is 482 g/mol. The van der Waals surface area contributed by atoms with Crippen LogP contribution >= 0.6 is 23.1 Å². The van der Waals surface area contributed by atoms with E-state index in [1.807, 2.05) is 25.1 Å². The van der Waals surface area contributed by atoms with Crippen LogP contribution in [-0.2, 0) is 16.1 Å². The minimum atomic E-state index is -0.980. The smallest absolute Gasteiger partial charge is 0.304 e. The quantitative estimate of drug-likeness (QED) is 0.339. The van der Waals surface area contributed by atoms with Gasteiger partial charge >= 0.3 is 5.97 Å². The molecule has 0 bridgehead atoms. The molecule has 1 aliphatic rings.